The Hall–Kier alpha value is -0.740. The Bertz CT molecular complexity index is 398. The molecular formula is C7H7BrClN3. The van der Waals surface area contributed by atoms with Gasteiger partial charge in [0.1, 0.15) is 5.52 Å². The van der Waals surface area contributed by atoms with E-state index in [9.17, 15) is 0 Å². The molecule has 0 unspecified atom stereocenters. The first-order valence-electron chi connectivity index (χ1n) is 3.15. The number of halogens is 2. The molecule has 12 heavy (non-hydrogen) atoms. The average Bonchev–Trinajstić information content (AvgIpc) is 2.32. The summed E-state index contributed by atoms with van der Waals surface area (Å²) < 4.78 is 0.951. The second kappa shape index (κ2) is 3.33. The molecule has 0 aliphatic heterocycles. The molecule has 0 aliphatic carbocycles. The summed E-state index contributed by atoms with van der Waals surface area (Å²) in [7, 11) is 0. The number of aromatic nitrogens is 2. The lowest BCUT2D eigenvalue weighted by Crippen LogP contribution is -1.82. The highest BCUT2D eigenvalue weighted by Crippen LogP contribution is 2.20. The molecule has 0 saturated carbocycles. The van der Waals surface area contributed by atoms with Crippen molar-refractivity contribution in [3.8, 4) is 0 Å². The molecule has 0 aliphatic rings. The number of H-pyrrole nitrogens is 1. The number of nitrogens with one attached hydrogen (secondary N) is 1. The van der Waals surface area contributed by atoms with Crippen LogP contribution in [0.5, 0.6) is 0 Å². The lowest BCUT2D eigenvalue weighted by molar-refractivity contribution is 1.38. The summed E-state index contributed by atoms with van der Waals surface area (Å²) in [5, 5.41) is 0. The van der Waals surface area contributed by atoms with E-state index < -0.39 is 0 Å². The van der Waals surface area contributed by atoms with Crippen LogP contribution in [-0.4, -0.2) is 9.97 Å². The minimum atomic E-state index is 0. The molecule has 0 spiro atoms. The first-order valence-corrected chi connectivity index (χ1v) is 3.95. The molecule has 0 aromatic carbocycles. The van der Waals surface area contributed by atoms with E-state index in [2.05, 4.69) is 25.9 Å². The van der Waals surface area contributed by atoms with Gasteiger partial charge < -0.3 is 10.7 Å². The van der Waals surface area contributed by atoms with Gasteiger partial charge in [-0.15, -0.1) is 12.4 Å². The molecular weight excluding hydrogens is 241 g/mol. The average molecular weight is 249 g/mol. The van der Waals surface area contributed by atoms with Crippen LogP contribution >= 0.6 is 28.3 Å². The lowest BCUT2D eigenvalue weighted by Gasteiger charge is -1.90. The van der Waals surface area contributed by atoms with Gasteiger partial charge in [-0.25, -0.2) is 0 Å². The fourth-order valence-electron chi connectivity index (χ4n) is 1.00. The summed E-state index contributed by atoms with van der Waals surface area (Å²) in [6, 6.07) is 1.94. The van der Waals surface area contributed by atoms with Gasteiger partial charge in [0.15, 0.2) is 0 Å². The van der Waals surface area contributed by atoms with Crippen molar-refractivity contribution in [3.63, 3.8) is 0 Å². The summed E-state index contributed by atoms with van der Waals surface area (Å²) in [5.74, 6) is 0. The van der Waals surface area contributed by atoms with Gasteiger partial charge in [-0.3, -0.25) is 4.98 Å². The predicted molar refractivity (Wildman–Crippen MR) is 55.5 cm³/mol. The zero-order chi connectivity index (χ0) is 7.84. The maximum Gasteiger partial charge on any atom is 0.111 e. The van der Waals surface area contributed by atoms with Crippen molar-refractivity contribution in [3.05, 3.63) is 22.9 Å². The van der Waals surface area contributed by atoms with E-state index >= 15 is 0 Å². The molecule has 64 valence electrons. The fourth-order valence-corrected chi connectivity index (χ4v) is 1.33. The first kappa shape index (κ1) is 9.35. The second-order valence-corrected chi connectivity index (χ2v) is 3.21. The summed E-state index contributed by atoms with van der Waals surface area (Å²) >= 11 is 3.32. The van der Waals surface area contributed by atoms with Crippen molar-refractivity contribution in [2.45, 2.75) is 0 Å². The number of anilines is 1. The zero-order valence-corrected chi connectivity index (χ0v) is 8.45. The molecule has 0 radical (unpaired) electrons. The normalized spacial score (nSPS) is 9.75. The standard InChI is InChI=1S/C7H6BrN3.ClH/c8-4-1-6-7(11-2-4)5(9)3-10-6;/h1-3,10H,9H2;1H. The summed E-state index contributed by atoms with van der Waals surface area (Å²) in [6.45, 7) is 0. The SMILES string of the molecule is Cl.Nc1c[nH]c2cc(Br)cnc12. The molecule has 3 N–H and O–H groups in total. The quantitative estimate of drug-likeness (QED) is 0.752. The van der Waals surface area contributed by atoms with Crippen LogP contribution in [0.25, 0.3) is 11.0 Å². The van der Waals surface area contributed by atoms with E-state index in [4.69, 9.17) is 5.73 Å². The number of rotatable bonds is 0. The number of nitrogens with two attached hydrogens (primary N) is 1. The Labute approximate surface area is 83.9 Å². The highest BCUT2D eigenvalue weighted by atomic mass is 79.9. The third kappa shape index (κ3) is 1.40. The van der Waals surface area contributed by atoms with Gasteiger partial charge in [0.05, 0.1) is 11.2 Å². The molecule has 0 bridgehead atoms. The minimum Gasteiger partial charge on any atom is -0.396 e. The fraction of sp³-hybridized carbons (Fsp3) is 0. The molecule has 2 aromatic heterocycles. The van der Waals surface area contributed by atoms with E-state index in [1.807, 2.05) is 6.07 Å². The molecule has 2 rings (SSSR count). The number of hydrogen-bond donors (Lipinski definition) is 2. The Morgan fingerprint density at radius 3 is 3.00 bits per heavy atom. The topological polar surface area (TPSA) is 54.7 Å². The van der Waals surface area contributed by atoms with E-state index in [1.165, 1.54) is 0 Å². The van der Waals surface area contributed by atoms with Crippen LogP contribution in [0.4, 0.5) is 5.69 Å². The smallest absolute Gasteiger partial charge is 0.111 e. The van der Waals surface area contributed by atoms with Gasteiger partial charge in [0.2, 0.25) is 0 Å². The Morgan fingerprint density at radius 1 is 1.50 bits per heavy atom. The third-order valence-corrected chi connectivity index (χ3v) is 1.94. The molecule has 2 aromatic rings. The maximum absolute atomic E-state index is 5.62. The van der Waals surface area contributed by atoms with E-state index in [0.29, 0.717) is 5.69 Å². The van der Waals surface area contributed by atoms with Crippen molar-refractivity contribution >= 4 is 45.1 Å². The monoisotopic (exact) mass is 247 g/mol. The highest BCUT2D eigenvalue weighted by molar-refractivity contribution is 9.10. The number of nitrogen functional groups attached to an aromatic ring is 1. The van der Waals surface area contributed by atoms with Gasteiger partial charge in [-0.2, -0.15) is 0 Å². The van der Waals surface area contributed by atoms with Crippen LogP contribution in [0.1, 0.15) is 0 Å². The molecule has 0 atom stereocenters. The summed E-state index contributed by atoms with van der Waals surface area (Å²) in [5.41, 5.74) is 8.09. The van der Waals surface area contributed by atoms with Crippen LogP contribution in [0.3, 0.4) is 0 Å². The number of aromatic amines is 1. The first-order chi connectivity index (χ1) is 5.27. The lowest BCUT2D eigenvalue weighted by atomic mass is 10.4. The molecule has 3 nitrogen and oxygen atoms in total. The van der Waals surface area contributed by atoms with Gasteiger partial charge in [-0.05, 0) is 22.0 Å². The van der Waals surface area contributed by atoms with E-state index in [1.54, 1.807) is 12.4 Å². The van der Waals surface area contributed by atoms with E-state index in [-0.39, 0.29) is 12.4 Å². The van der Waals surface area contributed by atoms with Crippen LogP contribution < -0.4 is 5.73 Å². The number of nitrogens with zero attached hydrogens (tertiary/aromatic N) is 1. The molecule has 5 heteroatoms. The number of pyridine rings is 1. The van der Waals surface area contributed by atoms with Crippen LogP contribution in [0.15, 0.2) is 22.9 Å². The van der Waals surface area contributed by atoms with Crippen molar-refractivity contribution in [1.82, 2.24) is 9.97 Å². The summed E-state index contributed by atoms with van der Waals surface area (Å²) in [6.07, 6.45) is 3.47. The van der Waals surface area contributed by atoms with Gasteiger partial charge in [-0.1, -0.05) is 0 Å². The van der Waals surface area contributed by atoms with Crippen LogP contribution in [-0.2, 0) is 0 Å². The van der Waals surface area contributed by atoms with E-state index in [0.717, 1.165) is 15.5 Å². The van der Waals surface area contributed by atoms with Gasteiger partial charge >= 0.3 is 0 Å². The number of fused-ring (bicyclic) bond motifs is 1. The van der Waals surface area contributed by atoms with Crippen molar-refractivity contribution in [1.29, 1.82) is 0 Å². The third-order valence-electron chi connectivity index (χ3n) is 1.51. The molecule has 2 heterocycles. The predicted octanol–water partition coefficient (Wildman–Crippen LogP) is 2.33. The van der Waals surface area contributed by atoms with Crippen molar-refractivity contribution in [2.24, 2.45) is 0 Å². The van der Waals surface area contributed by atoms with Crippen molar-refractivity contribution in [2.75, 3.05) is 5.73 Å². The van der Waals surface area contributed by atoms with Crippen molar-refractivity contribution < 1.29 is 0 Å². The zero-order valence-electron chi connectivity index (χ0n) is 6.04. The second-order valence-electron chi connectivity index (χ2n) is 2.29. The van der Waals surface area contributed by atoms with Crippen LogP contribution in [0, 0.1) is 0 Å². The molecule has 0 amide bonds. The number of hydrogen-bond acceptors (Lipinski definition) is 2. The Balaban J connectivity index is 0.000000720. The highest BCUT2D eigenvalue weighted by Gasteiger charge is 2.00. The maximum atomic E-state index is 5.62. The Kier molecular flexibility index (Phi) is 2.59. The summed E-state index contributed by atoms with van der Waals surface area (Å²) in [4.78, 5) is 7.15. The van der Waals surface area contributed by atoms with Crippen LogP contribution in [0.2, 0.25) is 0 Å². The van der Waals surface area contributed by atoms with Gasteiger partial charge in [0, 0.05) is 16.9 Å². The van der Waals surface area contributed by atoms with Gasteiger partial charge in [0.25, 0.3) is 0 Å². The molecule has 0 saturated heterocycles. The largest absolute Gasteiger partial charge is 0.396 e. The minimum absolute atomic E-state index is 0. The molecule has 0 fully saturated rings. The Morgan fingerprint density at radius 2 is 2.25 bits per heavy atom.